The summed E-state index contributed by atoms with van der Waals surface area (Å²) in [5, 5.41) is 11.7. The van der Waals surface area contributed by atoms with Crippen LogP contribution in [0.25, 0.3) is 11.0 Å². The lowest BCUT2D eigenvalue weighted by molar-refractivity contribution is -0.0194. The lowest BCUT2D eigenvalue weighted by Crippen LogP contribution is -2.43. The fourth-order valence-corrected chi connectivity index (χ4v) is 6.24. The lowest BCUT2D eigenvalue weighted by Gasteiger charge is -2.43. The first-order valence-corrected chi connectivity index (χ1v) is 12.5. The van der Waals surface area contributed by atoms with E-state index < -0.39 is 5.60 Å². The maximum absolute atomic E-state index is 11.7. The van der Waals surface area contributed by atoms with E-state index in [9.17, 15) is 5.11 Å². The predicted octanol–water partition coefficient (Wildman–Crippen LogP) is 5.32. The molecular weight excluding hydrogens is 410 g/mol. The standard InChI is InChI=1S/C28H37N3O2/c1-19-13-14-24(33-3)27-26(19)29-25(30-27)12-7-16-31(2)17-15-28(32)18-20-8-6-11-23(28)22-10-5-4-9-21(20)22/h4-5,9-10,13-14,20,23,32H,6-8,11-12,15-18H2,1-3H3,(H,29,30)/t20-,23-,28+/m0/s1. The van der Waals surface area contributed by atoms with E-state index in [1.54, 1.807) is 7.11 Å². The van der Waals surface area contributed by atoms with E-state index in [0.717, 1.165) is 67.8 Å². The average Bonchev–Trinajstić information content (AvgIpc) is 3.07. The Hall–Kier alpha value is -2.37. The third kappa shape index (κ3) is 4.29. The molecule has 0 aliphatic heterocycles. The van der Waals surface area contributed by atoms with Gasteiger partial charge in [-0.1, -0.05) is 36.8 Å². The van der Waals surface area contributed by atoms with Crippen LogP contribution in [0.4, 0.5) is 0 Å². The molecule has 1 fully saturated rings. The molecule has 1 saturated carbocycles. The van der Waals surface area contributed by atoms with Gasteiger partial charge in [0, 0.05) is 18.9 Å². The summed E-state index contributed by atoms with van der Waals surface area (Å²) in [4.78, 5) is 10.6. The first-order valence-electron chi connectivity index (χ1n) is 12.5. The molecule has 0 radical (unpaired) electrons. The number of methoxy groups -OCH3 is 1. The van der Waals surface area contributed by atoms with E-state index in [2.05, 4.69) is 54.2 Å². The number of H-pyrrole nitrogens is 1. The molecule has 1 aromatic heterocycles. The fourth-order valence-electron chi connectivity index (χ4n) is 6.24. The third-order valence-electron chi connectivity index (χ3n) is 8.07. The van der Waals surface area contributed by atoms with Gasteiger partial charge in [0.15, 0.2) is 0 Å². The number of nitrogens with one attached hydrogen (secondary N) is 1. The molecule has 176 valence electrons. The molecule has 3 atom stereocenters. The van der Waals surface area contributed by atoms with Crippen LogP contribution in [0, 0.1) is 6.92 Å². The molecule has 0 spiro atoms. The Morgan fingerprint density at radius 3 is 2.79 bits per heavy atom. The number of rotatable bonds is 8. The first-order chi connectivity index (χ1) is 16.0. The number of ether oxygens (including phenoxy) is 1. The topological polar surface area (TPSA) is 61.4 Å². The van der Waals surface area contributed by atoms with Crippen molar-refractivity contribution in [2.75, 3.05) is 27.2 Å². The van der Waals surface area contributed by atoms with Crippen LogP contribution >= 0.6 is 0 Å². The van der Waals surface area contributed by atoms with E-state index >= 15 is 0 Å². The molecule has 6 rings (SSSR count). The van der Waals surface area contributed by atoms with Crippen molar-refractivity contribution < 1.29 is 9.84 Å². The summed E-state index contributed by atoms with van der Waals surface area (Å²) in [5.74, 6) is 2.64. The number of hydrogen-bond donors (Lipinski definition) is 2. The van der Waals surface area contributed by atoms with Crippen LogP contribution in [0.1, 0.15) is 72.9 Å². The number of aryl methyl sites for hydroxylation is 2. The minimum absolute atomic E-state index is 0.287. The van der Waals surface area contributed by atoms with E-state index in [0.29, 0.717) is 5.92 Å². The molecule has 1 heterocycles. The molecule has 5 heteroatoms. The number of aromatic nitrogens is 2. The quantitative estimate of drug-likeness (QED) is 0.491. The van der Waals surface area contributed by atoms with Gasteiger partial charge in [-0.2, -0.15) is 0 Å². The van der Waals surface area contributed by atoms with Gasteiger partial charge in [0.1, 0.15) is 17.1 Å². The van der Waals surface area contributed by atoms with Crippen molar-refractivity contribution in [1.82, 2.24) is 14.9 Å². The van der Waals surface area contributed by atoms with Crippen LogP contribution in [0.2, 0.25) is 0 Å². The van der Waals surface area contributed by atoms with E-state index in [-0.39, 0.29) is 5.92 Å². The molecular formula is C28H37N3O2. The second kappa shape index (κ2) is 9.11. The minimum Gasteiger partial charge on any atom is -0.494 e. The van der Waals surface area contributed by atoms with Crippen molar-refractivity contribution >= 4 is 11.0 Å². The zero-order valence-corrected chi connectivity index (χ0v) is 20.2. The van der Waals surface area contributed by atoms with Gasteiger partial charge in [-0.25, -0.2) is 4.98 Å². The highest BCUT2D eigenvalue weighted by Gasteiger charge is 2.46. The zero-order chi connectivity index (χ0) is 23.0. The van der Waals surface area contributed by atoms with Gasteiger partial charge < -0.3 is 19.7 Å². The van der Waals surface area contributed by atoms with Gasteiger partial charge in [-0.3, -0.25) is 0 Å². The monoisotopic (exact) mass is 447 g/mol. The van der Waals surface area contributed by atoms with Crippen molar-refractivity contribution in [1.29, 1.82) is 0 Å². The number of aliphatic hydroxyl groups is 1. The van der Waals surface area contributed by atoms with Gasteiger partial charge in [-0.15, -0.1) is 0 Å². The Morgan fingerprint density at radius 2 is 1.97 bits per heavy atom. The van der Waals surface area contributed by atoms with Crippen LogP contribution in [0.15, 0.2) is 36.4 Å². The van der Waals surface area contributed by atoms with Crippen molar-refractivity contribution in [2.24, 2.45) is 0 Å². The summed E-state index contributed by atoms with van der Waals surface area (Å²) in [6.45, 7) is 4.02. The van der Waals surface area contributed by atoms with Crippen molar-refractivity contribution in [3.63, 3.8) is 0 Å². The number of fused-ring (bicyclic) bond motifs is 4. The average molecular weight is 448 g/mol. The Kier molecular flexibility index (Phi) is 6.19. The van der Waals surface area contributed by atoms with Crippen LogP contribution in [0.5, 0.6) is 5.75 Å². The summed E-state index contributed by atoms with van der Waals surface area (Å²) in [5.41, 5.74) is 5.52. The first kappa shape index (κ1) is 22.4. The second-order valence-corrected chi connectivity index (χ2v) is 10.3. The summed E-state index contributed by atoms with van der Waals surface area (Å²) in [6, 6.07) is 12.9. The molecule has 0 saturated heterocycles. The summed E-state index contributed by atoms with van der Waals surface area (Å²) >= 11 is 0. The Balaban J connectivity index is 1.18. The summed E-state index contributed by atoms with van der Waals surface area (Å²) in [6.07, 6.45) is 7.26. The van der Waals surface area contributed by atoms with Crippen molar-refractivity contribution in [2.45, 2.75) is 69.3 Å². The number of hydrogen-bond acceptors (Lipinski definition) is 4. The van der Waals surface area contributed by atoms with Crippen LogP contribution in [-0.4, -0.2) is 52.8 Å². The minimum atomic E-state index is -0.573. The normalized spacial score (nSPS) is 24.3. The molecule has 2 aromatic carbocycles. The molecule has 3 aromatic rings. The number of aromatic amines is 1. The number of benzene rings is 2. The fraction of sp³-hybridized carbons (Fsp3) is 0.536. The number of imidazole rings is 1. The van der Waals surface area contributed by atoms with Gasteiger partial charge >= 0.3 is 0 Å². The van der Waals surface area contributed by atoms with Gasteiger partial charge in [-0.05, 0) is 81.3 Å². The zero-order valence-electron chi connectivity index (χ0n) is 20.2. The van der Waals surface area contributed by atoms with E-state index in [1.807, 2.05) is 6.07 Å². The van der Waals surface area contributed by atoms with Crippen LogP contribution < -0.4 is 4.74 Å². The van der Waals surface area contributed by atoms with Crippen LogP contribution in [0.3, 0.4) is 0 Å². The molecule has 2 bridgehead atoms. The maximum atomic E-state index is 11.7. The maximum Gasteiger partial charge on any atom is 0.146 e. The SMILES string of the molecule is COc1ccc(C)c2[nH]c(CCCN(C)CC[C@@]3(O)C[C@@H]4CCC[C@H]3c3ccccc34)nc12. The summed E-state index contributed by atoms with van der Waals surface area (Å²) < 4.78 is 5.47. The second-order valence-electron chi connectivity index (χ2n) is 10.3. The van der Waals surface area contributed by atoms with Crippen molar-refractivity contribution in [3.8, 4) is 5.75 Å². The van der Waals surface area contributed by atoms with Gasteiger partial charge in [0.25, 0.3) is 0 Å². The molecule has 3 aliphatic carbocycles. The third-order valence-corrected chi connectivity index (χ3v) is 8.07. The van der Waals surface area contributed by atoms with Crippen molar-refractivity contribution in [3.05, 3.63) is 58.9 Å². The molecule has 5 nitrogen and oxygen atoms in total. The number of nitrogens with zero attached hydrogens (tertiary/aromatic N) is 2. The molecule has 0 amide bonds. The van der Waals surface area contributed by atoms with E-state index in [1.165, 1.54) is 29.5 Å². The molecule has 3 aliphatic rings. The predicted molar refractivity (Wildman–Crippen MR) is 133 cm³/mol. The summed E-state index contributed by atoms with van der Waals surface area (Å²) in [7, 11) is 3.87. The smallest absolute Gasteiger partial charge is 0.146 e. The Morgan fingerprint density at radius 1 is 1.15 bits per heavy atom. The molecule has 0 unspecified atom stereocenters. The van der Waals surface area contributed by atoms with E-state index in [4.69, 9.17) is 9.72 Å². The largest absolute Gasteiger partial charge is 0.494 e. The lowest BCUT2D eigenvalue weighted by atomic mass is 9.67. The Bertz CT molecular complexity index is 1120. The Labute approximate surface area is 197 Å². The highest BCUT2D eigenvalue weighted by Crippen LogP contribution is 2.53. The van der Waals surface area contributed by atoms with Gasteiger partial charge in [0.2, 0.25) is 0 Å². The highest BCUT2D eigenvalue weighted by molar-refractivity contribution is 5.84. The highest BCUT2D eigenvalue weighted by atomic mass is 16.5. The van der Waals surface area contributed by atoms with Crippen LogP contribution in [-0.2, 0) is 6.42 Å². The van der Waals surface area contributed by atoms with Gasteiger partial charge in [0.05, 0.1) is 18.2 Å². The molecule has 2 N–H and O–H groups in total. The molecule has 33 heavy (non-hydrogen) atoms.